The SMILES string of the molecule is O=C(Nc1ccc2[nH]cc(Br)c(=O)c2c1)OCc1ccccc1. The lowest BCUT2D eigenvalue weighted by Crippen LogP contribution is -2.14. The topological polar surface area (TPSA) is 71.2 Å². The molecule has 2 N–H and O–H groups in total. The van der Waals surface area contributed by atoms with E-state index in [4.69, 9.17) is 4.74 Å². The number of fused-ring (bicyclic) bond motifs is 1. The van der Waals surface area contributed by atoms with E-state index in [1.807, 2.05) is 30.3 Å². The number of H-pyrrole nitrogens is 1. The number of benzene rings is 2. The summed E-state index contributed by atoms with van der Waals surface area (Å²) < 4.78 is 5.59. The van der Waals surface area contributed by atoms with E-state index in [1.54, 1.807) is 24.4 Å². The fourth-order valence-corrected chi connectivity index (χ4v) is 2.48. The Hall–Kier alpha value is -2.60. The number of aromatic nitrogens is 1. The van der Waals surface area contributed by atoms with Gasteiger partial charge >= 0.3 is 6.09 Å². The predicted octanol–water partition coefficient (Wildman–Crippen LogP) is 4.04. The molecule has 6 heteroatoms. The van der Waals surface area contributed by atoms with Gasteiger partial charge in [-0.1, -0.05) is 30.3 Å². The Kier molecular flexibility index (Phi) is 4.43. The van der Waals surface area contributed by atoms with Gasteiger partial charge in [-0.15, -0.1) is 0 Å². The number of carbonyl (C=O) groups excluding carboxylic acids is 1. The molecule has 116 valence electrons. The molecule has 0 fully saturated rings. The lowest BCUT2D eigenvalue weighted by Gasteiger charge is -2.08. The Bertz CT molecular complexity index is 907. The molecule has 23 heavy (non-hydrogen) atoms. The van der Waals surface area contributed by atoms with Crippen molar-refractivity contribution >= 4 is 38.6 Å². The van der Waals surface area contributed by atoms with Crippen LogP contribution in [0.4, 0.5) is 10.5 Å². The van der Waals surface area contributed by atoms with Gasteiger partial charge in [0.15, 0.2) is 0 Å². The van der Waals surface area contributed by atoms with Crippen LogP contribution in [-0.4, -0.2) is 11.1 Å². The number of nitrogens with one attached hydrogen (secondary N) is 2. The van der Waals surface area contributed by atoms with Gasteiger partial charge in [-0.3, -0.25) is 10.1 Å². The average molecular weight is 373 g/mol. The van der Waals surface area contributed by atoms with Crippen LogP contribution in [0.15, 0.2) is 64.0 Å². The number of hydrogen-bond donors (Lipinski definition) is 2. The highest BCUT2D eigenvalue weighted by Gasteiger charge is 2.07. The van der Waals surface area contributed by atoms with E-state index in [0.29, 0.717) is 21.1 Å². The number of anilines is 1. The van der Waals surface area contributed by atoms with Crippen molar-refractivity contribution in [2.75, 3.05) is 5.32 Å². The molecule has 0 aliphatic carbocycles. The number of aromatic amines is 1. The molecule has 2 aromatic carbocycles. The monoisotopic (exact) mass is 372 g/mol. The van der Waals surface area contributed by atoms with Crippen molar-refractivity contribution < 1.29 is 9.53 Å². The largest absolute Gasteiger partial charge is 0.444 e. The van der Waals surface area contributed by atoms with Gasteiger partial charge < -0.3 is 9.72 Å². The summed E-state index contributed by atoms with van der Waals surface area (Å²) in [5, 5.41) is 3.11. The quantitative estimate of drug-likeness (QED) is 0.728. The maximum Gasteiger partial charge on any atom is 0.411 e. The normalized spacial score (nSPS) is 10.5. The number of carbonyl (C=O) groups is 1. The zero-order chi connectivity index (χ0) is 16.2. The molecule has 3 aromatic rings. The minimum Gasteiger partial charge on any atom is -0.444 e. The van der Waals surface area contributed by atoms with Crippen LogP contribution in [0, 0.1) is 0 Å². The lowest BCUT2D eigenvalue weighted by atomic mass is 10.2. The number of hydrogen-bond acceptors (Lipinski definition) is 3. The van der Waals surface area contributed by atoms with Crippen LogP contribution in [0.2, 0.25) is 0 Å². The molecule has 0 aliphatic heterocycles. The predicted molar refractivity (Wildman–Crippen MR) is 92.5 cm³/mol. The standard InChI is InChI=1S/C17H13BrN2O3/c18-14-9-19-15-7-6-12(8-13(15)16(14)21)20-17(22)23-10-11-4-2-1-3-5-11/h1-9H,10H2,(H,19,21)(H,20,22). The van der Waals surface area contributed by atoms with Crippen molar-refractivity contribution in [2.24, 2.45) is 0 Å². The first-order valence-corrected chi connectivity index (χ1v) is 7.71. The van der Waals surface area contributed by atoms with Gasteiger partial charge in [0.1, 0.15) is 6.61 Å². The van der Waals surface area contributed by atoms with Gasteiger partial charge in [0.25, 0.3) is 0 Å². The molecule has 1 amide bonds. The van der Waals surface area contributed by atoms with Crippen molar-refractivity contribution in [3.8, 4) is 0 Å². The van der Waals surface area contributed by atoms with E-state index in [0.717, 1.165) is 5.56 Å². The van der Waals surface area contributed by atoms with E-state index in [2.05, 4.69) is 26.2 Å². The number of rotatable bonds is 3. The highest BCUT2D eigenvalue weighted by molar-refractivity contribution is 9.10. The van der Waals surface area contributed by atoms with Gasteiger partial charge in [-0.25, -0.2) is 4.79 Å². The summed E-state index contributed by atoms with van der Waals surface area (Å²) in [5.41, 5.74) is 1.96. The Morgan fingerprint density at radius 2 is 1.96 bits per heavy atom. The van der Waals surface area contributed by atoms with E-state index in [1.165, 1.54) is 0 Å². The summed E-state index contributed by atoms with van der Waals surface area (Å²) in [7, 11) is 0. The minimum atomic E-state index is -0.570. The molecular formula is C17H13BrN2O3. The van der Waals surface area contributed by atoms with Crippen molar-refractivity contribution in [3.63, 3.8) is 0 Å². The summed E-state index contributed by atoms with van der Waals surface area (Å²) >= 11 is 3.19. The summed E-state index contributed by atoms with van der Waals surface area (Å²) in [6.07, 6.45) is 1.02. The summed E-state index contributed by atoms with van der Waals surface area (Å²) in [6, 6.07) is 14.5. The van der Waals surface area contributed by atoms with E-state index in [9.17, 15) is 9.59 Å². The third kappa shape index (κ3) is 3.60. The van der Waals surface area contributed by atoms with Crippen LogP contribution in [-0.2, 0) is 11.3 Å². The van der Waals surface area contributed by atoms with E-state index < -0.39 is 6.09 Å². The van der Waals surface area contributed by atoms with E-state index in [-0.39, 0.29) is 12.0 Å². The third-order valence-electron chi connectivity index (χ3n) is 3.29. The molecule has 0 spiro atoms. The highest BCUT2D eigenvalue weighted by atomic mass is 79.9. The Balaban J connectivity index is 1.72. The molecular weight excluding hydrogens is 360 g/mol. The van der Waals surface area contributed by atoms with Crippen LogP contribution < -0.4 is 10.7 Å². The molecule has 0 bridgehead atoms. The summed E-state index contributed by atoms with van der Waals surface area (Å²) in [6.45, 7) is 0.187. The molecule has 0 saturated heterocycles. The molecule has 0 aliphatic rings. The number of pyridine rings is 1. The first kappa shape index (κ1) is 15.3. The molecule has 0 atom stereocenters. The third-order valence-corrected chi connectivity index (χ3v) is 3.88. The van der Waals surface area contributed by atoms with Gasteiger partial charge in [-0.2, -0.15) is 0 Å². The molecule has 0 radical (unpaired) electrons. The van der Waals surface area contributed by atoms with Gasteiger partial charge in [0, 0.05) is 22.8 Å². The summed E-state index contributed by atoms with van der Waals surface area (Å²) in [5.74, 6) is 0. The molecule has 1 heterocycles. The minimum absolute atomic E-state index is 0.139. The van der Waals surface area contributed by atoms with Crippen molar-refractivity contribution in [1.29, 1.82) is 0 Å². The van der Waals surface area contributed by atoms with Crippen molar-refractivity contribution in [1.82, 2.24) is 4.98 Å². The van der Waals surface area contributed by atoms with Gasteiger partial charge in [-0.05, 0) is 39.7 Å². The first-order valence-electron chi connectivity index (χ1n) is 6.92. The summed E-state index contributed by atoms with van der Waals surface area (Å²) in [4.78, 5) is 26.9. The Morgan fingerprint density at radius 1 is 1.17 bits per heavy atom. The second-order valence-electron chi connectivity index (χ2n) is 4.91. The van der Waals surface area contributed by atoms with Gasteiger partial charge in [0.2, 0.25) is 5.43 Å². The number of amides is 1. The van der Waals surface area contributed by atoms with Crippen LogP contribution >= 0.6 is 15.9 Å². The molecule has 1 aromatic heterocycles. The zero-order valence-corrected chi connectivity index (χ0v) is 13.6. The van der Waals surface area contributed by atoms with Gasteiger partial charge in [0.05, 0.1) is 4.47 Å². The molecule has 0 saturated carbocycles. The fourth-order valence-electron chi connectivity index (χ4n) is 2.15. The Morgan fingerprint density at radius 3 is 2.74 bits per heavy atom. The van der Waals surface area contributed by atoms with Crippen LogP contribution in [0.5, 0.6) is 0 Å². The Labute approximate surface area is 140 Å². The second kappa shape index (κ2) is 6.66. The lowest BCUT2D eigenvalue weighted by molar-refractivity contribution is 0.155. The smallest absolute Gasteiger partial charge is 0.411 e. The van der Waals surface area contributed by atoms with E-state index >= 15 is 0 Å². The number of halogens is 1. The van der Waals surface area contributed by atoms with Crippen molar-refractivity contribution in [2.45, 2.75) is 6.61 Å². The maximum absolute atomic E-state index is 12.1. The molecule has 0 unspecified atom stereocenters. The zero-order valence-electron chi connectivity index (χ0n) is 12.0. The highest BCUT2D eigenvalue weighted by Crippen LogP contribution is 2.17. The van der Waals surface area contributed by atoms with Crippen LogP contribution in [0.1, 0.15) is 5.56 Å². The first-order chi connectivity index (χ1) is 11.1. The fraction of sp³-hybridized carbons (Fsp3) is 0.0588. The van der Waals surface area contributed by atoms with Crippen molar-refractivity contribution in [3.05, 3.63) is 75.0 Å². The molecule has 3 rings (SSSR count). The van der Waals surface area contributed by atoms with Crippen LogP contribution in [0.3, 0.4) is 0 Å². The number of ether oxygens (including phenoxy) is 1. The average Bonchev–Trinajstić information content (AvgIpc) is 2.58. The maximum atomic E-state index is 12.1. The molecule has 5 nitrogen and oxygen atoms in total. The van der Waals surface area contributed by atoms with Crippen LogP contribution in [0.25, 0.3) is 10.9 Å². The second-order valence-corrected chi connectivity index (χ2v) is 5.77.